The van der Waals surface area contributed by atoms with E-state index in [-0.39, 0.29) is 30.7 Å². The maximum atomic E-state index is 13.6. The van der Waals surface area contributed by atoms with Crippen LogP contribution in [0.2, 0.25) is 0 Å². The third kappa shape index (κ3) is 3.66. The summed E-state index contributed by atoms with van der Waals surface area (Å²) in [6, 6.07) is 18.3. The fourth-order valence-electron chi connectivity index (χ4n) is 4.31. The number of amides is 1. The molecule has 0 saturated carbocycles. The van der Waals surface area contributed by atoms with Crippen molar-refractivity contribution in [3.63, 3.8) is 0 Å². The van der Waals surface area contributed by atoms with Crippen LogP contribution in [0.5, 0.6) is 0 Å². The van der Waals surface area contributed by atoms with E-state index in [0.717, 1.165) is 53.8 Å². The van der Waals surface area contributed by atoms with Crippen molar-refractivity contribution in [2.24, 2.45) is 0 Å². The molecule has 3 aromatic rings. The van der Waals surface area contributed by atoms with Gasteiger partial charge in [-0.1, -0.05) is 36.4 Å². The number of para-hydroxylation sites is 3. The molecular weight excluding hydrogens is 407 g/mol. The molecule has 0 atom stereocenters. The number of halogens is 2. The minimum Gasteiger partial charge on any atom is -0.369 e. The molecule has 29 heavy (non-hydrogen) atoms. The van der Waals surface area contributed by atoms with Gasteiger partial charge in [0.15, 0.2) is 0 Å². The van der Waals surface area contributed by atoms with Crippen LogP contribution in [0.25, 0.3) is 10.9 Å². The van der Waals surface area contributed by atoms with Crippen LogP contribution in [0.4, 0.5) is 11.4 Å². The first kappa shape index (κ1) is 21.4. The van der Waals surface area contributed by atoms with Gasteiger partial charge in [-0.05, 0) is 49.7 Å². The molecular formula is C22H24Cl2N4O. The summed E-state index contributed by atoms with van der Waals surface area (Å²) in [7, 11) is 0. The van der Waals surface area contributed by atoms with Gasteiger partial charge in [0.2, 0.25) is 0 Å². The summed E-state index contributed by atoms with van der Waals surface area (Å²) in [4.78, 5) is 20.1. The van der Waals surface area contributed by atoms with Crippen LogP contribution in [-0.4, -0.2) is 29.5 Å². The Hall–Kier alpha value is -2.34. The molecule has 2 aliphatic rings. The summed E-state index contributed by atoms with van der Waals surface area (Å²) in [6.07, 6.45) is 3.41. The van der Waals surface area contributed by atoms with Crippen LogP contribution in [0, 0.1) is 0 Å². The number of fused-ring (bicyclic) bond motifs is 2. The van der Waals surface area contributed by atoms with Gasteiger partial charge in [-0.2, -0.15) is 0 Å². The molecule has 1 amide bonds. The van der Waals surface area contributed by atoms with Crippen LogP contribution in [0.1, 0.15) is 18.4 Å². The van der Waals surface area contributed by atoms with E-state index >= 15 is 0 Å². The lowest BCUT2D eigenvalue weighted by Gasteiger charge is -2.46. The van der Waals surface area contributed by atoms with Crippen molar-refractivity contribution in [2.75, 3.05) is 23.3 Å². The highest BCUT2D eigenvalue weighted by atomic mass is 35.5. The molecule has 1 spiro atoms. The number of hydrogen-bond acceptors (Lipinski definition) is 4. The van der Waals surface area contributed by atoms with E-state index in [0.29, 0.717) is 6.54 Å². The van der Waals surface area contributed by atoms with Gasteiger partial charge in [0.1, 0.15) is 5.54 Å². The van der Waals surface area contributed by atoms with Crippen LogP contribution in [0.3, 0.4) is 0 Å². The van der Waals surface area contributed by atoms with Gasteiger partial charge in [0, 0.05) is 11.6 Å². The van der Waals surface area contributed by atoms with Crippen LogP contribution < -0.4 is 15.5 Å². The first-order valence-electron chi connectivity index (χ1n) is 9.49. The fraction of sp³-hybridized carbons (Fsp3) is 0.273. The summed E-state index contributed by atoms with van der Waals surface area (Å²) in [6.45, 7) is 2.23. The molecule has 0 radical (unpaired) electrons. The van der Waals surface area contributed by atoms with Gasteiger partial charge in [-0.3, -0.25) is 9.78 Å². The highest BCUT2D eigenvalue weighted by Crippen LogP contribution is 2.40. The van der Waals surface area contributed by atoms with E-state index in [9.17, 15) is 4.79 Å². The van der Waals surface area contributed by atoms with E-state index in [1.807, 2.05) is 41.4 Å². The molecule has 3 heterocycles. The Labute approximate surface area is 182 Å². The first-order chi connectivity index (χ1) is 13.3. The summed E-state index contributed by atoms with van der Waals surface area (Å²) >= 11 is 0. The van der Waals surface area contributed by atoms with Gasteiger partial charge in [-0.15, -0.1) is 24.8 Å². The average Bonchev–Trinajstić information content (AvgIpc) is 2.72. The number of carbonyl (C=O) groups excluding carboxylic acids is 1. The molecule has 1 saturated heterocycles. The minimum absolute atomic E-state index is 0. The lowest BCUT2D eigenvalue weighted by atomic mass is 9.84. The van der Waals surface area contributed by atoms with Crippen LogP contribution >= 0.6 is 24.8 Å². The maximum Gasteiger partial charge on any atom is 0.253 e. The molecule has 2 aliphatic heterocycles. The number of rotatable bonds is 2. The van der Waals surface area contributed by atoms with Gasteiger partial charge in [0.25, 0.3) is 5.91 Å². The van der Waals surface area contributed by atoms with Gasteiger partial charge in [-0.25, -0.2) is 0 Å². The Balaban J connectivity index is 0.00000120. The number of anilines is 2. The Bertz CT molecular complexity index is 1020. The van der Waals surface area contributed by atoms with Crippen molar-refractivity contribution in [3.8, 4) is 0 Å². The SMILES string of the molecule is Cl.Cl.O=C1N(Cc2cccc3cccnc23)c2ccccc2NC12CCNCC2. The predicted molar refractivity (Wildman–Crippen MR) is 122 cm³/mol. The van der Waals surface area contributed by atoms with E-state index < -0.39 is 5.54 Å². The monoisotopic (exact) mass is 430 g/mol. The summed E-state index contributed by atoms with van der Waals surface area (Å²) in [5.41, 5.74) is 3.50. The van der Waals surface area contributed by atoms with Crippen molar-refractivity contribution in [3.05, 3.63) is 66.4 Å². The Kier molecular flexibility index (Phi) is 6.32. The summed E-state index contributed by atoms with van der Waals surface area (Å²) in [5.74, 6) is 0.163. The van der Waals surface area contributed by atoms with Crippen molar-refractivity contribution in [1.29, 1.82) is 0 Å². The van der Waals surface area contributed by atoms with Crippen molar-refractivity contribution in [1.82, 2.24) is 10.3 Å². The number of aromatic nitrogens is 1. The maximum absolute atomic E-state index is 13.6. The number of hydrogen-bond donors (Lipinski definition) is 2. The molecule has 7 heteroatoms. The average molecular weight is 431 g/mol. The van der Waals surface area contributed by atoms with E-state index in [2.05, 4.69) is 39.9 Å². The number of piperidine rings is 1. The minimum atomic E-state index is -0.516. The van der Waals surface area contributed by atoms with E-state index in [1.54, 1.807) is 0 Å². The van der Waals surface area contributed by atoms with E-state index in [4.69, 9.17) is 0 Å². The molecule has 2 N–H and O–H groups in total. The standard InChI is InChI=1S/C22H22N4O.2ClH/c27-21-22(10-13-23-14-11-22)25-18-8-1-2-9-19(18)26(21)15-17-6-3-5-16-7-4-12-24-20(16)17;;/h1-9,12,23,25H,10-11,13-15H2;2*1H. The topological polar surface area (TPSA) is 57.3 Å². The molecule has 0 bridgehead atoms. The molecule has 5 rings (SSSR count). The van der Waals surface area contributed by atoms with Crippen molar-refractivity contribution >= 4 is 53.0 Å². The van der Waals surface area contributed by atoms with Crippen molar-refractivity contribution < 1.29 is 4.79 Å². The largest absolute Gasteiger partial charge is 0.369 e. The molecule has 2 aromatic carbocycles. The molecule has 1 fully saturated rings. The smallest absolute Gasteiger partial charge is 0.253 e. The van der Waals surface area contributed by atoms with Gasteiger partial charge < -0.3 is 15.5 Å². The Morgan fingerprint density at radius 2 is 1.72 bits per heavy atom. The lowest BCUT2D eigenvalue weighted by molar-refractivity contribution is -0.124. The number of carbonyl (C=O) groups is 1. The lowest BCUT2D eigenvalue weighted by Crippen LogP contribution is -2.61. The second kappa shape index (κ2) is 8.57. The highest BCUT2D eigenvalue weighted by molar-refractivity contribution is 6.08. The summed E-state index contributed by atoms with van der Waals surface area (Å²) < 4.78 is 0. The summed E-state index contributed by atoms with van der Waals surface area (Å²) in [5, 5.41) is 8.04. The number of nitrogens with zero attached hydrogens (tertiary/aromatic N) is 2. The van der Waals surface area contributed by atoms with Gasteiger partial charge in [0.05, 0.1) is 23.4 Å². The molecule has 1 aromatic heterocycles. The van der Waals surface area contributed by atoms with Gasteiger partial charge >= 0.3 is 0 Å². The third-order valence-electron chi connectivity index (χ3n) is 5.73. The second-order valence-electron chi connectivity index (χ2n) is 7.36. The van der Waals surface area contributed by atoms with E-state index in [1.165, 1.54) is 0 Å². The number of benzene rings is 2. The zero-order valence-electron chi connectivity index (χ0n) is 15.9. The molecule has 152 valence electrons. The second-order valence-corrected chi connectivity index (χ2v) is 7.36. The molecule has 0 unspecified atom stereocenters. The Morgan fingerprint density at radius 1 is 0.966 bits per heavy atom. The zero-order valence-corrected chi connectivity index (χ0v) is 17.6. The third-order valence-corrected chi connectivity index (χ3v) is 5.73. The highest BCUT2D eigenvalue weighted by Gasteiger charge is 2.46. The van der Waals surface area contributed by atoms with Crippen molar-refractivity contribution in [2.45, 2.75) is 24.9 Å². The number of pyridine rings is 1. The fourth-order valence-corrected chi connectivity index (χ4v) is 4.31. The van der Waals surface area contributed by atoms with Crippen LogP contribution in [0.15, 0.2) is 60.8 Å². The number of nitrogens with one attached hydrogen (secondary N) is 2. The quantitative estimate of drug-likeness (QED) is 0.640. The Morgan fingerprint density at radius 3 is 2.55 bits per heavy atom. The zero-order chi connectivity index (χ0) is 18.3. The first-order valence-corrected chi connectivity index (χ1v) is 9.49. The normalized spacial score (nSPS) is 17.1. The predicted octanol–water partition coefficient (Wildman–Crippen LogP) is 4.16. The molecule has 5 nitrogen and oxygen atoms in total. The van der Waals surface area contributed by atoms with Crippen LogP contribution in [-0.2, 0) is 11.3 Å². The molecule has 0 aliphatic carbocycles.